The zero-order valence-corrected chi connectivity index (χ0v) is 17.2. The Morgan fingerprint density at radius 1 is 0.933 bits per heavy atom. The van der Waals surface area contributed by atoms with Crippen LogP contribution in [0.4, 0.5) is 0 Å². The van der Waals surface area contributed by atoms with Crippen molar-refractivity contribution >= 4 is 29.4 Å². The first kappa shape index (κ1) is 21.3. The molecule has 0 N–H and O–H groups in total. The van der Waals surface area contributed by atoms with Crippen LogP contribution in [0.5, 0.6) is 5.75 Å². The van der Waals surface area contributed by atoms with E-state index in [2.05, 4.69) is 0 Å². The number of rotatable bonds is 8. The summed E-state index contributed by atoms with van der Waals surface area (Å²) in [6, 6.07) is 23.5. The van der Waals surface area contributed by atoms with Crippen molar-refractivity contribution in [3.63, 3.8) is 0 Å². The van der Waals surface area contributed by atoms with Gasteiger partial charge in [-0.05, 0) is 48.4 Å². The quantitative estimate of drug-likeness (QED) is 0.264. The van der Waals surface area contributed by atoms with Gasteiger partial charge in [0, 0.05) is 16.7 Å². The third kappa shape index (κ3) is 6.33. The van der Waals surface area contributed by atoms with Crippen molar-refractivity contribution < 1.29 is 19.1 Å². The van der Waals surface area contributed by atoms with Gasteiger partial charge in [0.05, 0.1) is 0 Å². The van der Waals surface area contributed by atoms with Crippen LogP contribution >= 0.6 is 11.6 Å². The van der Waals surface area contributed by atoms with Crippen molar-refractivity contribution in [2.24, 2.45) is 0 Å². The molecule has 0 amide bonds. The van der Waals surface area contributed by atoms with Crippen LogP contribution in [0.15, 0.2) is 84.9 Å². The van der Waals surface area contributed by atoms with E-state index in [1.165, 1.54) is 6.08 Å². The second-order valence-corrected chi connectivity index (χ2v) is 7.06. The minimum Gasteiger partial charge on any atom is -0.489 e. The smallest absolute Gasteiger partial charge is 0.331 e. The summed E-state index contributed by atoms with van der Waals surface area (Å²) in [7, 11) is 0. The molecular weight excluding hydrogens is 400 g/mol. The maximum absolute atomic E-state index is 12.3. The fraction of sp³-hybridized carbons (Fsp3) is 0.120. The molecule has 1 atom stereocenters. The molecule has 0 unspecified atom stereocenters. The van der Waals surface area contributed by atoms with Gasteiger partial charge in [0.2, 0.25) is 5.78 Å². The standard InChI is InChI=1S/C25H21ClO4/c1-18(25(28)21-5-3-2-4-6-21)30-24(27)16-11-19-9-14-23(15-10-19)29-17-20-7-12-22(26)13-8-20/h2-16,18H,17H2,1H3/b16-11+/t18-/m1/s1. The third-order valence-corrected chi connectivity index (χ3v) is 4.58. The number of Topliss-reactive ketones (excluding diaryl/α,β-unsaturated/α-hetero) is 1. The van der Waals surface area contributed by atoms with E-state index in [9.17, 15) is 9.59 Å². The zero-order chi connectivity index (χ0) is 21.3. The summed E-state index contributed by atoms with van der Waals surface area (Å²) in [6.07, 6.45) is 2.08. The molecule has 3 rings (SSSR count). The minimum absolute atomic E-state index is 0.237. The molecule has 0 aliphatic rings. The predicted molar refractivity (Wildman–Crippen MR) is 118 cm³/mol. The molecule has 0 spiro atoms. The van der Waals surface area contributed by atoms with Crippen molar-refractivity contribution in [1.82, 2.24) is 0 Å². The van der Waals surface area contributed by atoms with Gasteiger partial charge in [-0.3, -0.25) is 4.79 Å². The summed E-state index contributed by atoms with van der Waals surface area (Å²) in [5.41, 5.74) is 2.34. The molecule has 0 radical (unpaired) electrons. The molecule has 0 fully saturated rings. The second-order valence-electron chi connectivity index (χ2n) is 6.63. The number of ketones is 1. The number of esters is 1. The molecule has 0 aliphatic carbocycles. The normalized spacial score (nSPS) is 11.8. The van der Waals surface area contributed by atoms with Crippen LogP contribution in [-0.4, -0.2) is 17.9 Å². The van der Waals surface area contributed by atoms with E-state index in [0.29, 0.717) is 22.9 Å². The molecule has 0 heterocycles. The Bertz CT molecular complexity index is 1010. The molecule has 0 aliphatic heterocycles. The predicted octanol–water partition coefficient (Wildman–Crippen LogP) is 5.75. The average molecular weight is 421 g/mol. The fourth-order valence-corrected chi connectivity index (χ4v) is 2.82. The van der Waals surface area contributed by atoms with Crippen molar-refractivity contribution in [3.8, 4) is 5.75 Å². The molecule has 0 aromatic heterocycles. The van der Waals surface area contributed by atoms with E-state index in [1.807, 2.05) is 54.6 Å². The lowest BCUT2D eigenvalue weighted by Crippen LogP contribution is -2.23. The number of hydrogen-bond donors (Lipinski definition) is 0. The molecule has 30 heavy (non-hydrogen) atoms. The first-order valence-corrected chi connectivity index (χ1v) is 9.84. The molecule has 3 aromatic rings. The van der Waals surface area contributed by atoms with E-state index < -0.39 is 12.1 Å². The maximum Gasteiger partial charge on any atom is 0.331 e. The number of halogens is 1. The summed E-state index contributed by atoms with van der Waals surface area (Å²) >= 11 is 5.87. The van der Waals surface area contributed by atoms with E-state index in [0.717, 1.165) is 11.1 Å². The van der Waals surface area contributed by atoms with Crippen LogP contribution in [0.1, 0.15) is 28.4 Å². The van der Waals surface area contributed by atoms with E-state index in [1.54, 1.807) is 37.3 Å². The summed E-state index contributed by atoms with van der Waals surface area (Å²) < 4.78 is 10.9. The molecule has 0 saturated heterocycles. The maximum atomic E-state index is 12.3. The molecule has 0 saturated carbocycles. The van der Waals surface area contributed by atoms with Gasteiger partial charge in [-0.25, -0.2) is 4.79 Å². The number of carbonyl (C=O) groups excluding carboxylic acids is 2. The van der Waals surface area contributed by atoms with Gasteiger partial charge in [0.25, 0.3) is 0 Å². The van der Waals surface area contributed by atoms with Crippen molar-refractivity contribution in [2.45, 2.75) is 19.6 Å². The van der Waals surface area contributed by atoms with E-state index in [-0.39, 0.29) is 5.78 Å². The van der Waals surface area contributed by atoms with Crippen molar-refractivity contribution in [1.29, 1.82) is 0 Å². The Morgan fingerprint density at radius 3 is 2.27 bits per heavy atom. The number of hydrogen-bond acceptors (Lipinski definition) is 4. The highest BCUT2D eigenvalue weighted by Crippen LogP contribution is 2.16. The molecule has 5 heteroatoms. The molecule has 0 bridgehead atoms. The van der Waals surface area contributed by atoms with Gasteiger partial charge < -0.3 is 9.47 Å². The minimum atomic E-state index is -0.854. The summed E-state index contributed by atoms with van der Waals surface area (Å²) in [5.74, 6) is -0.0962. The Kier molecular flexibility index (Phi) is 7.41. The van der Waals surface area contributed by atoms with Gasteiger partial charge in [0.1, 0.15) is 12.4 Å². The van der Waals surface area contributed by atoms with Crippen molar-refractivity contribution in [3.05, 3.63) is 107 Å². The molecule has 4 nitrogen and oxygen atoms in total. The van der Waals surface area contributed by atoms with Gasteiger partial charge in [-0.1, -0.05) is 66.2 Å². The fourth-order valence-electron chi connectivity index (χ4n) is 2.69. The van der Waals surface area contributed by atoms with Crippen LogP contribution in [0, 0.1) is 0 Å². The van der Waals surface area contributed by atoms with Crippen LogP contribution in [-0.2, 0) is 16.1 Å². The van der Waals surface area contributed by atoms with Crippen LogP contribution in [0.25, 0.3) is 6.08 Å². The SMILES string of the molecule is C[C@@H](OC(=O)/C=C/c1ccc(OCc2ccc(Cl)cc2)cc1)C(=O)c1ccccc1. The zero-order valence-electron chi connectivity index (χ0n) is 16.5. The lowest BCUT2D eigenvalue weighted by molar-refractivity contribution is -0.140. The highest BCUT2D eigenvalue weighted by Gasteiger charge is 2.17. The van der Waals surface area contributed by atoms with E-state index in [4.69, 9.17) is 21.1 Å². The van der Waals surface area contributed by atoms with Gasteiger partial charge in [0.15, 0.2) is 6.10 Å². The number of carbonyl (C=O) groups is 2. The first-order chi connectivity index (χ1) is 14.5. The summed E-state index contributed by atoms with van der Waals surface area (Å²) in [4.78, 5) is 24.3. The topological polar surface area (TPSA) is 52.6 Å². The number of ether oxygens (including phenoxy) is 2. The van der Waals surface area contributed by atoms with Gasteiger partial charge in [-0.2, -0.15) is 0 Å². The summed E-state index contributed by atoms with van der Waals surface area (Å²) in [5, 5.41) is 0.687. The lowest BCUT2D eigenvalue weighted by atomic mass is 10.1. The second kappa shape index (κ2) is 10.4. The average Bonchev–Trinajstić information content (AvgIpc) is 2.78. The van der Waals surface area contributed by atoms with Crippen molar-refractivity contribution in [2.75, 3.05) is 0 Å². The third-order valence-electron chi connectivity index (χ3n) is 4.33. The van der Waals surface area contributed by atoms with E-state index >= 15 is 0 Å². The Labute approximate surface area is 180 Å². The van der Waals surface area contributed by atoms with Gasteiger partial charge in [-0.15, -0.1) is 0 Å². The Morgan fingerprint density at radius 2 is 1.60 bits per heavy atom. The van der Waals surface area contributed by atoms with Crippen LogP contribution in [0.2, 0.25) is 5.02 Å². The van der Waals surface area contributed by atoms with Crippen LogP contribution in [0.3, 0.4) is 0 Å². The summed E-state index contributed by atoms with van der Waals surface area (Å²) in [6.45, 7) is 2.00. The highest BCUT2D eigenvalue weighted by molar-refractivity contribution is 6.30. The Balaban J connectivity index is 1.49. The van der Waals surface area contributed by atoms with Gasteiger partial charge >= 0.3 is 5.97 Å². The molecule has 152 valence electrons. The Hall–Kier alpha value is -3.37. The first-order valence-electron chi connectivity index (χ1n) is 9.46. The number of benzene rings is 3. The monoisotopic (exact) mass is 420 g/mol. The molecular formula is C25H21ClO4. The highest BCUT2D eigenvalue weighted by atomic mass is 35.5. The largest absolute Gasteiger partial charge is 0.489 e. The lowest BCUT2D eigenvalue weighted by Gasteiger charge is -2.10. The molecule has 3 aromatic carbocycles. The van der Waals surface area contributed by atoms with Crippen LogP contribution < -0.4 is 4.74 Å².